The molecular formula is C12H17N3O3S. The fraction of sp³-hybridized carbons (Fsp3) is 0.333. The maximum atomic E-state index is 11.9. The van der Waals surface area contributed by atoms with Gasteiger partial charge in [0, 0.05) is 18.3 Å². The predicted octanol–water partition coefficient (Wildman–Crippen LogP) is 1.71. The fourth-order valence-electron chi connectivity index (χ4n) is 1.19. The summed E-state index contributed by atoms with van der Waals surface area (Å²) in [6.07, 6.45) is 0.671. The second kappa shape index (κ2) is 6.33. The van der Waals surface area contributed by atoms with Gasteiger partial charge in [0.05, 0.1) is 4.90 Å². The normalized spacial score (nSPS) is 12.1. The van der Waals surface area contributed by atoms with Crippen LogP contribution in [-0.2, 0) is 14.8 Å². The molecular weight excluding hydrogens is 266 g/mol. The maximum Gasteiger partial charge on any atom is 0.276 e. The second-order valence-electron chi connectivity index (χ2n) is 4.00. The Balaban J connectivity index is 2.88. The van der Waals surface area contributed by atoms with E-state index in [1.54, 1.807) is 6.92 Å². The quantitative estimate of drug-likeness (QED) is 0.637. The minimum atomic E-state index is -3.66. The largest absolute Gasteiger partial charge is 0.326 e. The second-order valence-corrected chi connectivity index (χ2v) is 5.66. The van der Waals surface area contributed by atoms with Crippen LogP contribution in [-0.4, -0.2) is 20.0 Å². The lowest BCUT2D eigenvalue weighted by atomic mass is 10.3. The lowest BCUT2D eigenvalue weighted by Gasteiger charge is -2.06. The van der Waals surface area contributed by atoms with E-state index in [0.29, 0.717) is 17.8 Å². The molecule has 2 N–H and O–H groups in total. The average Bonchev–Trinajstić information content (AvgIpc) is 2.36. The number of nitrogens with one attached hydrogen (secondary N) is 2. The zero-order chi connectivity index (χ0) is 14.5. The number of carbonyl (C=O) groups is 1. The first-order chi connectivity index (χ1) is 8.85. The number of carbonyl (C=O) groups excluding carboxylic acids is 1. The third kappa shape index (κ3) is 4.70. The van der Waals surface area contributed by atoms with Crippen molar-refractivity contribution in [1.29, 1.82) is 0 Å². The Morgan fingerprint density at radius 1 is 1.21 bits per heavy atom. The molecule has 0 saturated carbocycles. The molecule has 0 heterocycles. The Morgan fingerprint density at radius 2 is 1.79 bits per heavy atom. The Kier molecular flexibility index (Phi) is 5.05. The van der Waals surface area contributed by atoms with Crippen molar-refractivity contribution in [3.63, 3.8) is 0 Å². The molecule has 0 bridgehead atoms. The van der Waals surface area contributed by atoms with E-state index in [2.05, 4.69) is 15.2 Å². The first-order valence-electron chi connectivity index (χ1n) is 5.77. The van der Waals surface area contributed by atoms with Crippen LogP contribution in [0.5, 0.6) is 0 Å². The molecule has 0 aliphatic carbocycles. The molecule has 0 spiro atoms. The molecule has 0 aromatic heterocycles. The number of hydrogen-bond acceptors (Lipinski definition) is 4. The zero-order valence-corrected chi connectivity index (χ0v) is 11.9. The smallest absolute Gasteiger partial charge is 0.276 e. The molecule has 0 atom stereocenters. The van der Waals surface area contributed by atoms with E-state index in [0.717, 1.165) is 0 Å². The van der Waals surface area contributed by atoms with Crippen molar-refractivity contribution >= 4 is 27.3 Å². The van der Waals surface area contributed by atoms with Gasteiger partial charge in [0.15, 0.2) is 0 Å². The fourth-order valence-corrected chi connectivity index (χ4v) is 2.07. The summed E-state index contributed by atoms with van der Waals surface area (Å²) in [5.41, 5.74) is 1.23. The van der Waals surface area contributed by atoms with Crippen LogP contribution in [0, 0.1) is 0 Å². The Labute approximate surface area is 113 Å². The third-order valence-electron chi connectivity index (χ3n) is 2.35. The third-order valence-corrected chi connectivity index (χ3v) is 3.58. The summed E-state index contributed by atoms with van der Waals surface area (Å²) < 4.78 is 23.8. The van der Waals surface area contributed by atoms with Gasteiger partial charge >= 0.3 is 0 Å². The molecule has 1 aromatic rings. The lowest BCUT2D eigenvalue weighted by molar-refractivity contribution is -0.114. The molecule has 0 fully saturated rings. The first-order valence-corrected chi connectivity index (χ1v) is 7.26. The van der Waals surface area contributed by atoms with Gasteiger partial charge in [-0.2, -0.15) is 13.5 Å². The summed E-state index contributed by atoms with van der Waals surface area (Å²) >= 11 is 0. The summed E-state index contributed by atoms with van der Waals surface area (Å²) in [4.78, 5) is 13.1. The van der Waals surface area contributed by atoms with Gasteiger partial charge in [0.1, 0.15) is 0 Å². The topological polar surface area (TPSA) is 87.6 Å². The van der Waals surface area contributed by atoms with Crippen LogP contribution >= 0.6 is 0 Å². The van der Waals surface area contributed by atoms with Gasteiger partial charge in [-0.1, -0.05) is 6.92 Å². The first kappa shape index (κ1) is 15.2. The number of sulfonamides is 1. The van der Waals surface area contributed by atoms with Gasteiger partial charge in [0.25, 0.3) is 10.0 Å². The van der Waals surface area contributed by atoms with Crippen molar-refractivity contribution in [2.75, 3.05) is 5.32 Å². The highest BCUT2D eigenvalue weighted by molar-refractivity contribution is 7.89. The minimum absolute atomic E-state index is 0.0919. The Hall–Kier alpha value is -1.89. The number of nitrogens with zero attached hydrogens (tertiary/aromatic N) is 1. The van der Waals surface area contributed by atoms with Gasteiger partial charge in [-0.05, 0) is 37.6 Å². The van der Waals surface area contributed by atoms with E-state index in [1.807, 2.05) is 6.92 Å². The molecule has 0 radical (unpaired) electrons. The van der Waals surface area contributed by atoms with Gasteiger partial charge < -0.3 is 5.32 Å². The number of hydrazone groups is 1. The number of anilines is 1. The SMILES string of the molecule is CC/C(C)=N\NS(=O)(=O)c1ccc(NC(C)=O)cc1. The summed E-state index contributed by atoms with van der Waals surface area (Å²) in [6.45, 7) is 5.01. The zero-order valence-electron chi connectivity index (χ0n) is 11.1. The van der Waals surface area contributed by atoms with E-state index >= 15 is 0 Å². The molecule has 0 unspecified atom stereocenters. The van der Waals surface area contributed by atoms with Crippen LogP contribution in [0.4, 0.5) is 5.69 Å². The Morgan fingerprint density at radius 3 is 2.26 bits per heavy atom. The van der Waals surface area contributed by atoms with Gasteiger partial charge in [-0.25, -0.2) is 4.83 Å². The van der Waals surface area contributed by atoms with Crippen LogP contribution in [0.1, 0.15) is 27.2 Å². The van der Waals surface area contributed by atoms with Crippen LogP contribution in [0.2, 0.25) is 0 Å². The molecule has 1 amide bonds. The summed E-state index contributed by atoms with van der Waals surface area (Å²) in [5, 5.41) is 6.33. The summed E-state index contributed by atoms with van der Waals surface area (Å²) in [6, 6.07) is 5.85. The molecule has 0 aliphatic heterocycles. The number of amides is 1. The number of benzene rings is 1. The van der Waals surface area contributed by atoms with Crippen molar-refractivity contribution < 1.29 is 13.2 Å². The molecule has 104 valence electrons. The average molecular weight is 283 g/mol. The van der Waals surface area contributed by atoms with Crippen molar-refractivity contribution in [2.24, 2.45) is 5.10 Å². The molecule has 1 aromatic carbocycles. The molecule has 7 heteroatoms. The van der Waals surface area contributed by atoms with E-state index < -0.39 is 10.0 Å². The van der Waals surface area contributed by atoms with Crippen molar-refractivity contribution in [2.45, 2.75) is 32.1 Å². The van der Waals surface area contributed by atoms with Crippen molar-refractivity contribution in [1.82, 2.24) is 4.83 Å². The molecule has 0 saturated heterocycles. The molecule has 6 nitrogen and oxygen atoms in total. The predicted molar refractivity (Wildman–Crippen MR) is 74.5 cm³/mol. The van der Waals surface area contributed by atoms with Crippen LogP contribution in [0.3, 0.4) is 0 Å². The van der Waals surface area contributed by atoms with Crippen LogP contribution < -0.4 is 10.1 Å². The molecule has 0 aliphatic rings. The maximum absolute atomic E-state index is 11.9. The minimum Gasteiger partial charge on any atom is -0.326 e. The number of hydrogen-bond donors (Lipinski definition) is 2. The van der Waals surface area contributed by atoms with E-state index in [4.69, 9.17) is 0 Å². The van der Waals surface area contributed by atoms with Crippen molar-refractivity contribution in [3.05, 3.63) is 24.3 Å². The van der Waals surface area contributed by atoms with Crippen LogP contribution in [0.15, 0.2) is 34.3 Å². The van der Waals surface area contributed by atoms with Crippen LogP contribution in [0.25, 0.3) is 0 Å². The molecule has 19 heavy (non-hydrogen) atoms. The highest BCUT2D eigenvalue weighted by atomic mass is 32.2. The van der Waals surface area contributed by atoms with E-state index in [9.17, 15) is 13.2 Å². The highest BCUT2D eigenvalue weighted by Crippen LogP contribution is 2.13. The summed E-state index contributed by atoms with van der Waals surface area (Å²) in [5.74, 6) is -0.211. The standard InChI is InChI=1S/C12H17N3O3S/c1-4-9(2)14-15-19(17,18)12-7-5-11(6-8-12)13-10(3)16/h5-8,15H,4H2,1-3H3,(H,13,16)/b14-9-. The molecule has 1 rings (SSSR count). The lowest BCUT2D eigenvalue weighted by Crippen LogP contribution is -2.19. The summed E-state index contributed by atoms with van der Waals surface area (Å²) in [7, 11) is -3.66. The van der Waals surface area contributed by atoms with Crippen molar-refractivity contribution in [3.8, 4) is 0 Å². The van der Waals surface area contributed by atoms with E-state index in [-0.39, 0.29) is 10.8 Å². The highest BCUT2D eigenvalue weighted by Gasteiger charge is 2.12. The Bertz CT molecular complexity index is 577. The van der Waals surface area contributed by atoms with Gasteiger partial charge in [-0.3, -0.25) is 4.79 Å². The monoisotopic (exact) mass is 283 g/mol. The number of rotatable bonds is 5. The van der Waals surface area contributed by atoms with Gasteiger partial charge in [0.2, 0.25) is 5.91 Å². The van der Waals surface area contributed by atoms with E-state index in [1.165, 1.54) is 31.2 Å². The van der Waals surface area contributed by atoms with Gasteiger partial charge in [-0.15, -0.1) is 0 Å².